The molecule has 0 aromatic heterocycles. The molecule has 0 spiro atoms. The van der Waals surface area contributed by atoms with Crippen molar-refractivity contribution >= 4 is 0 Å². The lowest BCUT2D eigenvalue weighted by Gasteiger charge is -2.17. The van der Waals surface area contributed by atoms with Crippen LogP contribution in [0.1, 0.15) is 40.0 Å². The van der Waals surface area contributed by atoms with Crippen LogP contribution < -0.4 is 0 Å². The Morgan fingerprint density at radius 2 is 2.08 bits per heavy atom. The molecule has 0 aliphatic heterocycles. The number of rotatable bonds is 6. The maximum atomic E-state index is 3.88. The molecule has 12 heavy (non-hydrogen) atoms. The minimum Gasteiger partial charge on any atom is -0.103 e. The first-order valence-corrected chi connectivity index (χ1v) is 4.99. The van der Waals surface area contributed by atoms with Crippen LogP contribution in [0.15, 0.2) is 24.8 Å². The summed E-state index contributed by atoms with van der Waals surface area (Å²) < 4.78 is 0. The molecule has 0 heteroatoms. The first-order chi connectivity index (χ1) is 5.76. The largest absolute Gasteiger partial charge is 0.103 e. The average Bonchev–Trinajstić information content (AvgIpc) is 2.11. The van der Waals surface area contributed by atoms with E-state index in [-0.39, 0.29) is 0 Å². The molecule has 0 rings (SSSR count). The smallest absolute Gasteiger partial charge is 0.0208 e. The molecule has 0 aromatic carbocycles. The highest BCUT2D eigenvalue weighted by molar-refractivity contribution is 4.86. The van der Waals surface area contributed by atoms with E-state index in [2.05, 4.69) is 45.6 Å². The summed E-state index contributed by atoms with van der Waals surface area (Å²) in [4.78, 5) is 0. The molecular weight excluding hydrogens is 144 g/mol. The van der Waals surface area contributed by atoms with Crippen LogP contribution in [0, 0.1) is 11.8 Å². The molecule has 0 heterocycles. The highest BCUT2D eigenvalue weighted by atomic mass is 14.1. The lowest BCUT2D eigenvalue weighted by Crippen LogP contribution is -2.07. The van der Waals surface area contributed by atoms with Gasteiger partial charge in [0.15, 0.2) is 0 Å². The van der Waals surface area contributed by atoms with Crippen LogP contribution in [0.5, 0.6) is 0 Å². The number of hydrogen-bond donors (Lipinski definition) is 0. The van der Waals surface area contributed by atoms with Gasteiger partial charge in [-0.2, -0.15) is 0 Å². The molecule has 0 amide bonds. The minimum absolute atomic E-state index is 0.700. The van der Waals surface area contributed by atoms with Gasteiger partial charge >= 0.3 is 0 Å². The molecule has 0 aromatic rings. The van der Waals surface area contributed by atoms with Crippen LogP contribution in [0.4, 0.5) is 0 Å². The predicted octanol–water partition coefficient (Wildman–Crippen LogP) is 4.19. The molecule has 0 fully saturated rings. The van der Waals surface area contributed by atoms with Crippen molar-refractivity contribution in [3.05, 3.63) is 24.8 Å². The third-order valence-corrected chi connectivity index (χ3v) is 2.58. The monoisotopic (exact) mass is 166 g/mol. The summed E-state index contributed by atoms with van der Waals surface area (Å²) in [6.45, 7) is 10.5. The molecule has 0 nitrogen and oxygen atoms in total. The summed E-state index contributed by atoms with van der Waals surface area (Å²) in [6.07, 6.45) is 10.2. The van der Waals surface area contributed by atoms with Crippen molar-refractivity contribution in [1.82, 2.24) is 0 Å². The van der Waals surface area contributed by atoms with Crippen molar-refractivity contribution in [2.45, 2.75) is 40.0 Å². The van der Waals surface area contributed by atoms with Crippen molar-refractivity contribution in [2.24, 2.45) is 11.8 Å². The van der Waals surface area contributed by atoms with Crippen LogP contribution in [-0.2, 0) is 0 Å². The Morgan fingerprint density at radius 1 is 1.42 bits per heavy atom. The molecule has 0 aliphatic carbocycles. The van der Waals surface area contributed by atoms with Gasteiger partial charge in [-0.25, -0.2) is 0 Å². The zero-order chi connectivity index (χ0) is 9.40. The minimum atomic E-state index is 0.700. The lowest BCUT2D eigenvalue weighted by molar-refractivity contribution is 0.396. The van der Waals surface area contributed by atoms with Crippen LogP contribution in [-0.4, -0.2) is 0 Å². The van der Waals surface area contributed by atoms with E-state index < -0.39 is 0 Å². The first-order valence-electron chi connectivity index (χ1n) is 4.99. The molecule has 0 aliphatic rings. The topological polar surface area (TPSA) is 0 Å². The Labute approximate surface area is 77.4 Å². The van der Waals surface area contributed by atoms with E-state index in [0.717, 1.165) is 5.92 Å². The van der Waals surface area contributed by atoms with Gasteiger partial charge < -0.3 is 0 Å². The van der Waals surface area contributed by atoms with Crippen molar-refractivity contribution in [2.75, 3.05) is 0 Å². The lowest BCUT2D eigenvalue weighted by atomic mass is 9.88. The van der Waals surface area contributed by atoms with Gasteiger partial charge in [-0.05, 0) is 31.6 Å². The number of hydrogen-bond acceptors (Lipinski definition) is 0. The summed E-state index contributed by atoms with van der Waals surface area (Å²) in [5, 5.41) is 0. The van der Waals surface area contributed by atoms with E-state index in [4.69, 9.17) is 0 Å². The third kappa shape index (κ3) is 4.38. The van der Waals surface area contributed by atoms with Crippen LogP contribution in [0.2, 0.25) is 0 Å². The fourth-order valence-corrected chi connectivity index (χ4v) is 1.39. The highest BCUT2D eigenvalue weighted by Gasteiger charge is 2.10. The van der Waals surface area contributed by atoms with E-state index >= 15 is 0 Å². The molecule has 0 saturated carbocycles. The van der Waals surface area contributed by atoms with Gasteiger partial charge in [0.2, 0.25) is 0 Å². The second-order valence-electron chi connectivity index (χ2n) is 3.43. The Bertz CT molecular complexity index is 133. The highest BCUT2D eigenvalue weighted by Crippen LogP contribution is 2.21. The molecule has 0 radical (unpaired) electrons. The van der Waals surface area contributed by atoms with E-state index in [0.29, 0.717) is 5.92 Å². The summed E-state index contributed by atoms with van der Waals surface area (Å²) in [5.74, 6) is 1.49. The molecule has 70 valence electrons. The van der Waals surface area contributed by atoms with Crippen LogP contribution >= 0.6 is 0 Å². The molecule has 2 atom stereocenters. The molecule has 0 N–H and O–H groups in total. The quantitative estimate of drug-likeness (QED) is 0.519. The van der Waals surface area contributed by atoms with E-state index in [9.17, 15) is 0 Å². The van der Waals surface area contributed by atoms with Gasteiger partial charge in [0.25, 0.3) is 0 Å². The summed E-state index contributed by atoms with van der Waals surface area (Å²) in [6, 6.07) is 0. The normalized spacial score (nSPS) is 16.2. The van der Waals surface area contributed by atoms with Crippen molar-refractivity contribution in [3.63, 3.8) is 0 Å². The second-order valence-corrected chi connectivity index (χ2v) is 3.43. The Kier molecular flexibility index (Phi) is 6.84. The van der Waals surface area contributed by atoms with Gasteiger partial charge in [-0.15, -0.1) is 6.58 Å². The van der Waals surface area contributed by atoms with E-state index in [1.807, 2.05) is 0 Å². The van der Waals surface area contributed by atoms with Crippen molar-refractivity contribution < 1.29 is 0 Å². The van der Waals surface area contributed by atoms with E-state index in [1.54, 1.807) is 0 Å². The van der Waals surface area contributed by atoms with Gasteiger partial charge in [0.1, 0.15) is 0 Å². The van der Waals surface area contributed by atoms with Crippen LogP contribution in [0.3, 0.4) is 0 Å². The predicted molar refractivity (Wildman–Crippen MR) is 57.2 cm³/mol. The maximum Gasteiger partial charge on any atom is -0.0208 e. The Balaban J connectivity index is 3.74. The third-order valence-electron chi connectivity index (χ3n) is 2.58. The maximum absolute atomic E-state index is 3.88. The second kappa shape index (κ2) is 7.15. The summed E-state index contributed by atoms with van der Waals surface area (Å²) in [7, 11) is 0. The van der Waals surface area contributed by atoms with E-state index in [1.165, 1.54) is 19.3 Å². The fourth-order valence-electron chi connectivity index (χ4n) is 1.39. The van der Waals surface area contributed by atoms with Gasteiger partial charge in [0.05, 0.1) is 0 Å². The van der Waals surface area contributed by atoms with Gasteiger partial charge in [0, 0.05) is 0 Å². The summed E-state index contributed by atoms with van der Waals surface area (Å²) in [5.41, 5.74) is 0. The fraction of sp³-hybridized carbons (Fsp3) is 0.667. The Morgan fingerprint density at radius 3 is 2.50 bits per heavy atom. The van der Waals surface area contributed by atoms with Crippen LogP contribution in [0.25, 0.3) is 0 Å². The van der Waals surface area contributed by atoms with Gasteiger partial charge in [-0.3, -0.25) is 0 Å². The molecular formula is C12H22. The van der Waals surface area contributed by atoms with Gasteiger partial charge in [-0.1, -0.05) is 38.5 Å². The average molecular weight is 166 g/mol. The standard InChI is InChI=1S/C12H22/c1-5-8-9-10-12(7-3)11(4)6-2/h5,7-8,11-12H,3,6,9-10H2,1-2,4H3. The zero-order valence-electron chi connectivity index (χ0n) is 8.72. The molecule has 2 unspecified atom stereocenters. The van der Waals surface area contributed by atoms with Crippen molar-refractivity contribution in [1.29, 1.82) is 0 Å². The first kappa shape index (κ1) is 11.5. The number of allylic oxidation sites excluding steroid dienone is 3. The Hall–Kier alpha value is -0.520. The summed E-state index contributed by atoms with van der Waals surface area (Å²) >= 11 is 0. The SMILES string of the molecule is C=CC(CCC=CC)C(C)CC. The molecule has 0 saturated heterocycles. The molecule has 0 bridgehead atoms. The zero-order valence-corrected chi connectivity index (χ0v) is 8.72. The van der Waals surface area contributed by atoms with Crippen molar-refractivity contribution in [3.8, 4) is 0 Å².